The molecule has 0 spiro atoms. The molecule has 0 aromatic heterocycles. The van der Waals surface area contributed by atoms with E-state index in [0.29, 0.717) is 17.9 Å². The Morgan fingerprint density at radius 3 is 2.55 bits per heavy atom. The molecule has 112 valence electrons. The summed E-state index contributed by atoms with van der Waals surface area (Å²) in [6.45, 7) is 0.399. The lowest BCUT2D eigenvalue weighted by molar-refractivity contribution is -0.120. The summed E-state index contributed by atoms with van der Waals surface area (Å²) in [6.07, 6.45) is 0.274. The Balaban J connectivity index is 3.09. The summed E-state index contributed by atoms with van der Waals surface area (Å²) >= 11 is 0. The van der Waals surface area contributed by atoms with E-state index in [4.69, 9.17) is 5.73 Å². The number of carbonyl (C=O) groups excluding carboxylic acids is 1. The minimum absolute atomic E-state index is 0.0967. The molecule has 1 aromatic carbocycles. The summed E-state index contributed by atoms with van der Waals surface area (Å²) in [5, 5.41) is 2.52. The van der Waals surface area contributed by atoms with Gasteiger partial charge in [0, 0.05) is 32.7 Å². The third-order valence-corrected chi connectivity index (χ3v) is 4.35. The number of hydrogen-bond donors (Lipinski definition) is 3. The number of nitrogens with one attached hydrogen (secondary N) is 2. The number of rotatable bonds is 6. The number of carbonyl (C=O) groups is 1. The van der Waals surface area contributed by atoms with Crippen LogP contribution in [0, 0.1) is 0 Å². The van der Waals surface area contributed by atoms with Crippen molar-refractivity contribution < 1.29 is 13.2 Å². The molecule has 1 aromatic rings. The van der Waals surface area contributed by atoms with Crippen molar-refractivity contribution in [2.75, 3.05) is 38.3 Å². The van der Waals surface area contributed by atoms with E-state index in [9.17, 15) is 13.2 Å². The molecule has 0 aliphatic carbocycles. The molecule has 1 amide bonds. The molecular formula is C12H20N4O3S. The van der Waals surface area contributed by atoms with Gasteiger partial charge in [-0.2, -0.15) is 0 Å². The third-order valence-electron chi connectivity index (χ3n) is 2.91. The van der Waals surface area contributed by atoms with Crippen molar-refractivity contribution in [1.82, 2.24) is 10.0 Å². The van der Waals surface area contributed by atoms with Crippen molar-refractivity contribution >= 4 is 27.3 Å². The van der Waals surface area contributed by atoms with Gasteiger partial charge < -0.3 is 16.0 Å². The lowest BCUT2D eigenvalue weighted by Gasteiger charge is -2.22. The van der Waals surface area contributed by atoms with Crippen molar-refractivity contribution in [2.45, 2.75) is 11.3 Å². The predicted molar refractivity (Wildman–Crippen MR) is 79.1 cm³/mol. The summed E-state index contributed by atoms with van der Waals surface area (Å²) in [6, 6.07) is 4.65. The van der Waals surface area contributed by atoms with E-state index < -0.39 is 10.0 Å². The zero-order chi connectivity index (χ0) is 15.3. The van der Waals surface area contributed by atoms with E-state index in [-0.39, 0.29) is 17.2 Å². The molecule has 0 unspecified atom stereocenters. The van der Waals surface area contributed by atoms with Crippen molar-refractivity contribution in [2.24, 2.45) is 0 Å². The van der Waals surface area contributed by atoms with Crippen LogP contribution in [0.5, 0.6) is 0 Å². The smallest absolute Gasteiger partial charge is 0.242 e. The van der Waals surface area contributed by atoms with Crippen LogP contribution in [0.1, 0.15) is 6.42 Å². The maximum Gasteiger partial charge on any atom is 0.242 e. The van der Waals surface area contributed by atoms with Crippen molar-refractivity contribution in [3.05, 3.63) is 18.2 Å². The van der Waals surface area contributed by atoms with Gasteiger partial charge in [-0.05, 0) is 25.2 Å². The molecule has 0 saturated heterocycles. The summed E-state index contributed by atoms with van der Waals surface area (Å²) in [5.41, 5.74) is 6.51. The molecule has 0 atom stereocenters. The molecule has 4 N–H and O–H groups in total. The Morgan fingerprint density at radius 1 is 1.35 bits per heavy atom. The molecule has 0 heterocycles. The van der Waals surface area contributed by atoms with Crippen molar-refractivity contribution in [3.8, 4) is 0 Å². The molecular weight excluding hydrogens is 280 g/mol. The lowest BCUT2D eigenvalue weighted by Crippen LogP contribution is -2.28. The standard InChI is InChI=1S/C12H20N4O3S/c1-14-12(17)6-7-16(3)10-5-4-9(13)8-11(10)20(18,19)15-2/h4-5,8,15H,6-7,13H2,1-3H3,(H,14,17). The first kappa shape index (κ1) is 16.3. The number of nitrogen functional groups attached to an aromatic ring is 1. The molecule has 0 radical (unpaired) electrons. The van der Waals surface area contributed by atoms with Gasteiger partial charge in [-0.25, -0.2) is 13.1 Å². The largest absolute Gasteiger partial charge is 0.399 e. The summed E-state index contributed by atoms with van der Waals surface area (Å²) < 4.78 is 26.3. The van der Waals surface area contributed by atoms with Gasteiger partial charge in [-0.3, -0.25) is 4.79 Å². The second kappa shape index (κ2) is 6.58. The number of nitrogens with zero attached hydrogens (tertiary/aromatic N) is 1. The van der Waals surface area contributed by atoms with E-state index in [1.165, 1.54) is 13.1 Å². The normalized spacial score (nSPS) is 11.2. The van der Waals surface area contributed by atoms with Crippen LogP contribution in [0.3, 0.4) is 0 Å². The zero-order valence-corrected chi connectivity index (χ0v) is 12.6. The SMILES string of the molecule is CNC(=O)CCN(C)c1ccc(N)cc1S(=O)(=O)NC. The first-order valence-corrected chi connectivity index (χ1v) is 7.55. The average Bonchev–Trinajstić information content (AvgIpc) is 2.44. The van der Waals surface area contributed by atoms with E-state index in [1.807, 2.05) is 0 Å². The van der Waals surface area contributed by atoms with Crippen LogP contribution in [-0.2, 0) is 14.8 Å². The molecule has 0 bridgehead atoms. The maximum atomic E-state index is 12.0. The molecule has 0 aliphatic heterocycles. The predicted octanol–water partition coefficient (Wildman–Crippen LogP) is -0.251. The Hall–Kier alpha value is -1.80. The number of nitrogens with two attached hydrogens (primary N) is 1. The molecule has 0 fully saturated rings. The van der Waals surface area contributed by atoms with E-state index in [2.05, 4.69) is 10.0 Å². The number of benzene rings is 1. The highest BCUT2D eigenvalue weighted by Crippen LogP contribution is 2.26. The second-order valence-corrected chi connectivity index (χ2v) is 6.13. The first-order chi connectivity index (χ1) is 9.31. The topological polar surface area (TPSA) is 105 Å². The molecule has 20 heavy (non-hydrogen) atoms. The number of sulfonamides is 1. The Labute approximate surface area is 119 Å². The molecule has 7 nitrogen and oxygen atoms in total. The fraction of sp³-hybridized carbons (Fsp3) is 0.417. The zero-order valence-electron chi connectivity index (χ0n) is 11.8. The van der Waals surface area contributed by atoms with Crippen LogP contribution >= 0.6 is 0 Å². The highest BCUT2D eigenvalue weighted by molar-refractivity contribution is 7.89. The monoisotopic (exact) mass is 300 g/mol. The highest BCUT2D eigenvalue weighted by atomic mass is 32.2. The molecule has 0 saturated carbocycles. The van der Waals surface area contributed by atoms with Crippen LogP contribution in [0.25, 0.3) is 0 Å². The second-order valence-electron chi connectivity index (χ2n) is 4.28. The first-order valence-electron chi connectivity index (χ1n) is 6.06. The molecule has 1 rings (SSSR count). The van der Waals surface area contributed by atoms with Crippen LogP contribution in [0.15, 0.2) is 23.1 Å². The number of amides is 1. The quantitative estimate of drug-likeness (QED) is 0.628. The van der Waals surface area contributed by atoms with Crippen LogP contribution < -0.4 is 20.7 Å². The highest BCUT2D eigenvalue weighted by Gasteiger charge is 2.19. The van der Waals surface area contributed by atoms with Gasteiger partial charge in [-0.1, -0.05) is 0 Å². The molecule has 8 heteroatoms. The summed E-state index contributed by atoms with van der Waals surface area (Å²) in [7, 11) is 1.01. The summed E-state index contributed by atoms with van der Waals surface area (Å²) in [5.74, 6) is -0.106. The van der Waals surface area contributed by atoms with Crippen LogP contribution in [-0.4, -0.2) is 42.0 Å². The van der Waals surface area contributed by atoms with Gasteiger partial charge in [0.25, 0.3) is 0 Å². The average molecular weight is 300 g/mol. The Morgan fingerprint density at radius 2 is 2.00 bits per heavy atom. The van der Waals surface area contributed by atoms with Crippen molar-refractivity contribution in [3.63, 3.8) is 0 Å². The minimum atomic E-state index is -3.61. The van der Waals surface area contributed by atoms with E-state index >= 15 is 0 Å². The van der Waals surface area contributed by atoms with Gasteiger partial charge in [0.15, 0.2) is 0 Å². The van der Waals surface area contributed by atoms with E-state index in [1.54, 1.807) is 31.1 Å². The van der Waals surface area contributed by atoms with Crippen LogP contribution in [0.4, 0.5) is 11.4 Å². The fourth-order valence-electron chi connectivity index (χ4n) is 1.69. The van der Waals surface area contributed by atoms with Crippen molar-refractivity contribution in [1.29, 1.82) is 0 Å². The minimum Gasteiger partial charge on any atom is -0.399 e. The lowest BCUT2D eigenvalue weighted by atomic mass is 10.2. The summed E-state index contributed by atoms with van der Waals surface area (Å²) in [4.78, 5) is 13.1. The maximum absolute atomic E-state index is 12.0. The van der Waals surface area contributed by atoms with Gasteiger partial charge in [0.2, 0.25) is 15.9 Å². The Kier molecular flexibility index (Phi) is 5.34. The Bertz CT molecular complexity index is 586. The molecule has 0 aliphatic rings. The van der Waals surface area contributed by atoms with Gasteiger partial charge in [0.1, 0.15) is 4.90 Å². The number of anilines is 2. The van der Waals surface area contributed by atoms with Gasteiger partial charge in [0.05, 0.1) is 5.69 Å². The van der Waals surface area contributed by atoms with E-state index in [0.717, 1.165) is 0 Å². The third kappa shape index (κ3) is 3.84. The number of hydrogen-bond acceptors (Lipinski definition) is 5. The van der Waals surface area contributed by atoms with Gasteiger partial charge in [-0.15, -0.1) is 0 Å². The van der Waals surface area contributed by atoms with Gasteiger partial charge >= 0.3 is 0 Å². The van der Waals surface area contributed by atoms with Crippen LogP contribution in [0.2, 0.25) is 0 Å². The fourth-order valence-corrected chi connectivity index (χ4v) is 2.70.